The second kappa shape index (κ2) is 3.81. The monoisotopic (exact) mass is 167 g/mol. The number of rotatable bonds is 1. The maximum Gasteiger partial charge on any atom is 0.0499 e. The minimum atomic E-state index is 1.26. The lowest BCUT2D eigenvalue weighted by Crippen LogP contribution is -1.71. The molecule has 0 fully saturated rings. The van der Waals surface area contributed by atoms with Crippen LogP contribution in [0.25, 0.3) is 11.1 Å². The predicted molar refractivity (Wildman–Crippen MR) is 56.3 cm³/mol. The van der Waals surface area contributed by atoms with Gasteiger partial charge >= 0.3 is 0 Å². The highest BCUT2D eigenvalue weighted by molar-refractivity contribution is 5.62. The van der Waals surface area contributed by atoms with Crippen LogP contribution in [0.4, 0.5) is 0 Å². The first-order valence-corrected chi connectivity index (χ1v) is 4.40. The second-order valence-electron chi connectivity index (χ2n) is 2.92. The van der Waals surface area contributed by atoms with Crippen molar-refractivity contribution in [3.63, 3.8) is 0 Å². The van der Waals surface area contributed by atoms with E-state index in [0.29, 0.717) is 0 Å². The summed E-state index contributed by atoms with van der Waals surface area (Å²) in [5.74, 6) is 0. The van der Waals surface area contributed by atoms with Gasteiger partial charge in [-0.3, -0.25) is 0 Å². The third-order valence-corrected chi connectivity index (χ3v) is 1.99. The Hall–Kier alpha value is -1.69. The third kappa shape index (κ3) is 1.91. The Labute approximate surface area is 78.5 Å². The topological polar surface area (TPSA) is 0 Å². The summed E-state index contributed by atoms with van der Waals surface area (Å²) in [4.78, 5) is 0. The van der Waals surface area contributed by atoms with Gasteiger partial charge in [-0.2, -0.15) is 0 Å². The minimum Gasteiger partial charge on any atom is -0.0622 e. The minimum absolute atomic E-state index is 1.26. The quantitative estimate of drug-likeness (QED) is 0.569. The van der Waals surface area contributed by atoms with Gasteiger partial charge in [-0.25, -0.2) is 0 Å². The van der Waals surface area contributed by atoms with Gasteiger partial charge in [0, 0.05) is 42.0 Å². The fraction of sp³-hybridized carbons (Fsp3) is 0. The van der Waals surface area contributed by atoms with Gasteiger partial charge in [-0.1, -0.05) is 30.3 Å². The largest absolute Gasteiger partial charge is 0.0622 e. The molecule has 0 N–H and O–H groups in total. The van der Waals surface area contributed by atoms with Crippen LogP contribution in [0.3, 0.4) is 0 Å². The van der Waals surface area contributed by atoms with Gasteiger partial charge in [-0.05, 0) is 5.56 Å². The molecule has 0 nitrogen and oxygen atoms in total. The molecule has 2 rings (SSSR count). The van der Waals surface area contributed by atoms with Gasteiger partial charge in [-0.15, -0.1) is 0 Å². The van der Waals surface area contributed by atoms with Crippen molar-refractivity contribution >= 4 is 0 Å². The van der Waals surface area contributed by atoms with Crippen molar-refractivity contribution in [1.82, 2.24) is 0 Å². The molecule has 0 unspecified atom stereocenters. The Balaban J connectivity index is 2.49. The Kier molecular flexibility index (Phi) is 2.33. The molecule has 0 aliphatic rings. The van der Waals surface area contributed by atoms with Gasteiger partial charge < -0.3 is 0 Å². The van der Waals surface area contributed by atoms with E-state index in [1.807, 2.05) is 18.2 Å². The van der Waals surface area contributed by atoms with Crippen LogP contribution in [-0.4, -0.2) is 0 Å². The Morgan fingerprint density at radius 3 is 2.15 bits per heavy atom. The zero-order chi connectivity index (χ0) is 8.93. The van der Waals surface area contributed by atoms with E-state index >= 15 is 0 Å². The lowest BCUT2D eigenvalue weighted by atomic mass is 10.1. The molecule has 2 aromatic rings. The number of hydrogen-bond donors (Lipinski definition) is 0. The van der Waals surface area contributed by atoms with Gasteiger partial charge in [0.25, 0.3) is 0 Å². The van der Waals surface area contributed by atoms with E-state index in [1.165, 1.54) is 11.1 Å². The highest BCUT2D eigenvalue weighted by atomic mass is 14.0. The predicted octanol–water partition coefficient (Wildman–Crippen LogP) is 3.63. The molecule has 2 aromatic carbocycles. The van der Waals surface area contributed by atoms with Crippen LogP contribution < -0.4 is 0 Å². The summed E-state index contributed by atoms with van der Waals surface area (Å²) < 4.78 is 0. The van der Waals surface area contributed by atoms with E-state index in [1.54, 1.807) is 0 Å². The molecule has 0 saturated heterocycles. The smallest absolute Gasteiger partial charge is 0.0499 e. The van der Waals surface area contributed by atoms with Crippen LogP contribution >= 0.6 is 0 Å². The first-order chi connectivity index (χ1) is 6.47. The van der Waals surface area contributed by atoms with Crippen LogP contribution in [0.1, 0.15) is 0 Å². The van der Waals surface area contributed by atoms with Crippen molar-refractivity contribution in [3.05, 3.63) is 66.7 Å². The summed E-state index contributed by atoms with van der Waals surface area (Å²) in [5, 5.41) is 0. The zero-order valence-electron chi connectivity index (χ0n) is 7.35. The van der Waals surface area contributed by atoms with Crippen LogP contribution in [0.15, 0.2) is 66.7 Å². The summed E-state index contributed by atoms with van der Waals surface area (Å²) in [6.07, 6.45) is 0. The van der Waals surface area contributed by atoms with Crippen molar-refractivity contribution in [1.29, 1.82) is 0 Å². The molecular weight excluding hydrogens is 156 g/mol. The van der Waals surface area contributed by atoms with E-state index in [2.05, 4.69) is 48.5 Å². The summed E-state index contributed by atoms with van der Waals surface area (Å²) in [7, 11) is 0. The first kappa shape index (κ1) is 7.93. The highest BCUT2D eigenvalue weighted by Gasteiger charge is 1.95. The lowest BCUT2D eigenvalue weighted by molar-refractivity contribution is 1.66. The average molecular weight is 167 g/mol. The fourth-order valence-electron chi connectivity index (χ4n) is 1.33. The van der Waals surface area contributed by atoms with E-state index < -0.39 is 0 Å². The second-order valence-corrected chi connectivity index (χ2v) is 2.92. The zero-order valence-corrected chi connectivity index (χ0v) is 7.35. The van der Waals surface area contributed by atoms with Crippen molar-refractivity contribution in [3.8, 4) is 11.1 Å². The number of hydrogen-bond acceptors (Lipinski definition) is 0. The first-order valence-electron chi connectivity index (χ1n) is 4.40. The summed E-state index contributed by atoms with van der Waals surface area (Å²) >= 11 is 0. The van der Waals surface area contributed by atoms with Crippen LogP contribution in [0.5, 0.6) is 0 Å². The van der Waals surface area contributed by atoms with Crippen LogP contribution in [0, 0.1) is 0 Å². The molecule has 0 aliphatic heterocycles. The molecule has 0 heteroatoms. The third-order valence-electron chi connectivity index (χ3n) is 1.99. The number of benzene rings is 1. The Morgan fingerprint density at radius 1 is 0.615 bits per heavy atom. The van der Waals surface area contributed by atoms with Gasteiger partial charge in [0.2, 0.25) is 0 Å². The van der Waals surface area contributed by atoms with Gasteiger partial charge in [0.15, 0.2) is 0 Å². The summed E-state index contributed by atoms with van der Waals surface area (Å²) in [5.41, 5.74) is 2.52. The molecular formula is C13H11+. The molecule has 0 aromatic heterocycles. The van der Waals surface area contributed by atoms with E-state index in [-0.39, 0.29) is 0 Å². The molecule has 0 bridgehead atoms. The van der Waals surface area contributed by atoms with Crippen molar-refractivity contribution in [2.45, 2.75) is 0 Å². The Morgan fingerprint density at radius 2 is 1.31 bits per heavy atom. The molecule has 0 heterocycles. The fourth-order valence-corrected chi connectivity index (χ4v) is 1.33. The molecule has 13 heavy (non-hydrogen) atoms. The van der Waals surface area contributed by atoms with E-state index in [9.17, 15) is 0 Å². The summed E-state index contributed by atoms with van der Waals surface area (Å²) in [6.45, 7) is 0. The molecule has 62 valence electrons. The van der Waals surface area contributed by atoms with E-state index in [4.69, 9.17) is 0 Å². The lowest BCUT2D eigenvalue weighted by Gasteiger charge is -1.92. The standard InChI is InChI=1S/C13H11/c1-2-5-9-12(8-4-1)13-10-6-3-7-11-13/h1-11H/q+1. The van der Waals surface area contributed by atoms with Gasteiger partial charge in [0.05, 0.1) is 0 Å². The maximum atomic E-state index is 2.12. The molecule has 0 spiro atoms. The SMILES string of the molecule is c1ccc(-c2ccc[cH+]cc2)cc1. The molecule has 0 saturated carbocycles. The normalized spacial score (nSPS) is 9.54. The molecule has 0 aliphatic carbocycles. The summed E-state index contributed by atoms with van der Waals surface area (Å²) in [6, 6.07) is 22.8. The molecule has 0 radical (unpaired) electrons. The highest BCUT2D eigenvalue weighted by Crippen LogP contribution is 2.16. The molecule has 0 atom stereocenters. The maximum absolute atomic E-state index is 2.12. The van der Waals surface area contributed by atoms with Crippen molar-refractivity contribution in [2.24, 2.45) is 0 Å². The molecule has 0 amide bonds. The van der Waals surface area contributed by atoms with Crippen molar-refractivity contribution in [2.75, 3.05) is 0 Å². The average Bonchev–Trinajstić information content (AvgIpc) is 2.47. The van der Waals surface area contributed by atoms with Crippen LogP contribution in [0.2, 0.25) is 0 Å². The van der Waals surface area contributed by atoms with Crippen molar-refractivity contribution < 1.29 is 0 Å². The van der Waals surface area contributed by atoms with Gasteiger partial charge in [0.1, 0.15) is 0 Å². The van der Waals surface area contributed by atoms with E-state index in [0.717, 1.165) is 0 Å². The Bertz CT molecular complexity index is 364. The van der Waals surface area contributed by atoms with Crippen LogP contribution in [-0.2, 0) is 0 Å².